The number of rotatable bonds is 4. The number of ether oxygens (including phenoxy) is 1. The molecule has 1 aliphatic rings. The van der Waals surface area contributed by atoms with E-state index in [9.17, 15) is 4.79 Å². The molecule has 2 N–H and O–H groups in total. The number of hydrogen-bond acceptors (Lipinski definition) is 2. The highest BCUT2D eigenvalue weighted by molar-refractivity contribution is 5.89. The minimum Gasteiger partial charge on any atom is -0.378 e. The molecule has 1 aromatic carbocycles. The summed E-state index contributed by atoms with van der Waals surface area (Å²) in [7, 11) is 0. The van der Waals surface area contributed by atoms with Gasteiger partial charge in [0.25, 0.3) is 0 Å². The number of amides is 2. The minimum absolute atomic E-state index is 0.158. The van der Waals surface area contributed by atoms with Crippen LogP contribution in [0.5, 0.6) is 0 Å². The molecule has 92 valence electrons. The van der Waals surface area contributed by atoms with Crippen LogP contribution in [0.25, 0.3) is 0 Å². The van der Waals surface area contributed by atoms with E-state index in [2.05, 4.69) is 10.6 Å². The summed E-state index contributed by atoms with van der Waals surface area (Å²) >= 11 is 0. The first-order chi connectivity index (χ1) is 8.34. The van der Waals surface area contributed by atoms with Crippen molar-refractivity contribution in [1.29, 1.82) is 0 Å². The number of carbonyl (C=O) groups is 1. The molecule has 2 rings (SSSR count). The molecular weight excluding hydrogens is 216 g/mol. The third-order valence-electron chi connectivity index (χ3n) is 2.81. The fourth-order valence-corrected chi connectivity index (χ4v) is 1.92. The topological polar surface area (TPSA) is 50.4 Å². The first-order valence-corrected chi connectivity index (χ1v) is 6.06. The summed E-state index contributed by atoms with van der Waals surface area (Å²) in [6.07, 6.45) is 3.47. The zero-order valence-corrected chi connectivity index (χ0v) is 9.82. The highest BCUT2D eigenvalue weighted by Gasteiger charge is 2.14. The second-order valence-electron chi connectivity index (χ2n) is 4.17. The molecule has 1 aliphatic heterocycles. The Kier molecular flexibility index (Phi) is 4.38. The predicted octanol–water partition coefficient (Wildman–Crippen LogP) is 2.38. The highest BCUT2D eigenvalue weighted by atomic mass is 16.5. The molecule has 1 heterocycles. The number of urea groups is 1. The number of carbonyl (C=O) groups excluding carboxylic acids is 1. The van der Waals surface area contributed by atoms with Crippen molar-refractivity contribution < 1.29 is 9.53 Å². The van der Waals surface area contributed by atoms with E-state index in [0.29, 0.717) is 12.6 Å². The van der Waals surface area contributed by atoms with E-state index < -0.39 is 0 Å². The van der Waals surface area contributed by atoms with Crippen LogP contribution in [-0.4, -0.2) is 25.3 Å². The van der Waals surface area contributed by atoms with Gasteiger partial charge in [0.2, 0.25) is 0 Å². The zero-order chi connectivity index (χ0) is 11.9. The number of para-hydroxylation sites is 1. The summed E-state index contributed by atoms with van der Waals surface area (Å²) in [6.45, 7) is 1.52. The molecule has 0 saturated carbocycles. The van der Waals surface area contributed by atoms with E-state index in [1.165, 1.54) is 0 Å². The number of nitrogens with one attached hydrogen (secondary N) is 2. The monoisotopic (exact) mass is 234 g/mol. The van der Waals surface area contributed by atoms with Crippen LogP contribution in [0.1, 0.15) is 19.3 Å². The smallest absolute Gasteiger partial charge is 0.319 e. The van der Waals surface area contributed by atoms with Crippen molar-refractivity contribution in [3.63, 3.8) is 0 Å². The van der Waals surface area contributed by atoms with E-state index in [4.69, 9.17) is 4.74 Å². The molecule has 1 atom stereocenters. The first-order valence-electron chi connectivity index (χ1n) is 6.06. The molecule has 0 spiro atoms. The van der Waals surface area contributed by atoms with E-state index in [1.54, 1.807) is 0 Å². The van der Waals surface area contributed by atoms with Gasteiger partial charge >= 0.3 is 6.03 Å². The molecule has 1 aromatic rings. The Morgan fingerprint density at radius 1 is 1.35 bits per heavy atom. The summed E-state index contributed by atoms with van der Waals surface area (Å²) in [5, 5.41) is 5.60. The molecule has 0 aromatic heterocycles. The lowest BCUT2D eigenvalue weighted by Crippen LogP contribution is -2.31. The molecule has 1 saturated heterocycles. The van der Waals surface area contributed by atoms with Crippen molar-refractivity contribution in [2.75, 3.05) is 18.5 Å². The molecule has 2 amide bonds. The molecule has 1 fully saturated rings. The fourth-order valence-electron chi connectivity index (χ4n) is 1.92. The second-order valence-corrected chi connectivity index (χ2v) is 4.17. The van der Waals surface area contributed by atoms with Crippen molar-refractivity contribution >= 4 is 11.7 Å². The van der Waals surface area contributed by atoms with Gasteiger partial charge in [-0.3, -0.25) is 0 Å². The zero-order valence-electron chi connectivity index (χ0n) is 9.82. The number of hydrogen-bond donors (Lipinski definition) is 2. The van der Waals surface area contributed by atoms with Gasteiger partial charge in [-0.25, -0.2) is 4.79 Å². The quantitative estimate of drug-likeness (QED) is 0.840. The minimum atomic E-state index is -0.158. The average molecular weight is 234 g/mol. The van der Waals surface area contributed by atoms with Gasteiger partial charge in [0, 0.05) is 18.8 Å². The molecule has 0 radical (unpaired) electrons. The van der Waals surface area contributed by atoms with Crippen LogP contribution < -0.4 is 10.6 Å². The number of anilines is 1. The molecule has 4 heteroatoms. The molecule has 4 nitrogen and oxygen atoms in total. The Hall–Kier alpha value is -1.55. The van der Waals surface area contributed by atoms with Crippen LogP contribution in [0.2, 0.25) is 0 Å². The van der Waals surface area contributed by atoms with Gasteiger partial charge in [0.15, 0.2) is 0 Å². The van der Waals surface area contributed by atoms with Gasteiger partial charge in [-0.15, -0.1) is 0 Å². The maximum absolute atomic E-state index is 11.5. The highest BCUT2D eigenvalue weighted by Crippen LogP contribution is 2.14. The maximum atomic E-state index is 11.5. The van der Waals surface area contributed by atoms with Crippen LogP contribution in [0.4, 0.5) is 10.5 Å². The van der Waals surface area contributed by atoms with Crippen molar-refractivity contribution in [2.24, 2.45) is 0 Å². The normalized spacial score (nSPS) is 18.9. The van der Waals surface area contributed by atoms with E-state index in [0.717, 1.165) is 31.6 Å². The van der Waals surface area contributed by atoms with Crippen LogP contribution in [0.15, 0.2) is 30.3 Å². The van der Waals surface area contributed by atoms with Crippen LogP contribution in [0, 0.1) is 0 Å². The summed E-state index contributed by atoms with van der Waals surface area (Å²) in [5.74, 6) is 0. The predicted molar refractivity (Wildman–Crippen MR) is 67.1 cm³/mol. The van der Waals surface area contributed by atoms with Crippen LogP contribution in [0.3, 0.4) is 0 Å². The largest absolute Gasteiger partial charge is 0.378 e. The van der Waals surface area contributed by atoms with Crippen molar-refractivity contribution in [1.82, 2.24) is 5.32 Å². The van der Waals surface area contributed by atoms with Crippen molar-refractivity contribution in [2.45, 2.75) is 25.4 Å². The lowest BCUT2D eigenvalue weighted by molar-refractivity contribution is 0.105. The molecule has 0 bridgehead atoms. The van der Waals surface area contributed by atoms with E-state index in [-0.39, 0.29) is 6.03 Å². The Balaban J connectivity index is 1.64. The number of benzene rings is 1. The molecular formula is C13H18N2O2. The van der Waals surface area contributed by atoms with Crippen molar-refractivity contribution in [3.05, 3.63) is 30.3 Å². The molecule has 0 aliphatic carbocycles. The van der Waals surface area contributed by atoms with Gasteiger partial charge < -0.3 is 15.4 Å². The van der Waals surface area contributed by atoms with E-state index >= 15 is 0 Å². The Bertz CT molecular complexity index is 348. The van der Waals surface area contributed by atoms with Gasteiger partial charge in [-0.05, 0) is 31.4 Å². The summed E-state index contributed by atoms with van der Waals surface area (Å²) in [5.41, 5.74) is 0.808. The van der Waals surface area contributed by atoms with Crippen molar-refractivity contribution in [3.8, 4) is 0 Å². The van der Waals surface area contributed by atoms with Gasteiger partial charge in [-0.1, -0.05) is 18.2 Å². The van der Waals surface area contributed by atoms with Gasteiger partial charge in [-0.2, -0.15) is 0 Å². The third-order valence-corrected chi connectivity index (χ3v) is 2.81. The molecule has 1 unspecified atom stereocenters. The standard InChI is InChI=1S/C13H18N2O2/c16-13(15-11-5-2-1-3-6-11)14-9-8-12-7-4-10-17-12/h1-3,5-6,12H,4,7-10H2,(H2,14,15,16). The van der Waals surface area contributed by atoms with Gasteiger partial charge in [0.1, 0.15) is 0 Å². The SMILES string of the molecule is O=C(NCCC1CCCO1)Nc1ccccc1. The maximum Gasteiger partial charge on any atom is 0.319 e. The fraction of sp³-hybridized carbons (Fsp3) is 0.462. The third kappa shape index (κ3) is 4.07. The molecule has 17 heavy (non-hydrogen) atoms. The summed E-state index contributed by atoms with van der Waals surface area (Å²) < 4.78 is 5.48. The summed E-state index contributed by atoms with van der Waals surface area (Å²) in [6, 6.07) is 9.26. The lowest BCUT2D eigenvalue weighted by Gasteiger charge is -2.10. The first kappa shape index (κ1) is 11.9. The van der Waals surface area contributed by atoms with E-state index in [1.807, 2.05) is 30.3 Å². The average Bonchev–Trinajstić information content (AvgIpc) is 2.83. The second kappa shape index (κ2) is 6.25. The van der Waals surface area contributed by atoms with Crippen LogP contribution in [-0.2, 0) is 4.74 Å². The Labute approximate surface area is 101 Å². The lowest BCUT2D eigenvalue weighted by atomic mass is 10.2. The van der Waals surface area contributed by atoms with Gasteiger partial charge in [0.05, 0.1) is 6.10 Å². The Morgan fingerprint density at radius 2 is 2.18 bits per heavy atom. The summed E-state index contributed by atoms with van der Waals surface area (Å²) in [4.78, 5) is 11.5. The van der Waals surface area contributed by atoms with Crippen LogP contribution >= 0.6 is 0 Å². The Morgan fingerprint density at radius 3 is 2.88 bits per heavy atom.